The van der Waals surface area contributed by atoms with Crippen molar-refractivity contribution in [3.8, 4) is 0 Å². The molecule has 1 saturated carbocycles. The molecule has 0 aliphatic heterocycles. The fourth-order valence-corrected chi connectivity index (χ4v) is 2.58. The normalized spacial score (nSPS) is 19.5. The van der Waals surface area contributed by atoms with Gasteiger partial charge in [0, 0.05) is 0 Å². The molecule has 8 heteroatoms. The van der Waals surface area contributed by atoms with Crippen LogP contribution >= 0.6 is 0 Å². The maximum Gasteiger partial charge on any atom is 0.336 e. The Morgan fingerprint density at radius 1 is 0.708 bits per heavy atom. The molecule has 0 amide bonds. The number of hydrogen-bond acceptors (Lipinski definition) is 4. The van der Waals surface area contributed by atoms with Crippen molar-refractivity contribution in [2.45, 2.75) is 25.7 Å². The third kappa shape index (κ3) is 5.08. The summed E-state index contributed by atoms with van der Waals surface area (Å²) in [5.74, 6) is -5.74. The summed E-state index contributed by atoms with van der Waals surface area (Å²) in [5, 5.41) is 34.5. The van der Waals surface area contributed by atoms with Gasteiger partial charge in [0.15, 0.2) is 0 Å². The van der Waals surface area contributed by atoms with Crippen LogP contribution in [0.15, 0.2) is 24.3 Å². The molecule has 2 unspecified atom stereocenters. The summed E-state index contributed by atoms with van der Waals surface area (Å²) in [6.45, 7) is 0. The van der Waals surface area contributed by atoms with Crippen molar-refractivity contribution in [2.24, 2.45) is 11.8 Å². The van der Waals surface area contributed by atoms with Crippen LogP contribution in [0.3, 0.4) is 0 Å². The lowest BCUT2D eigenvalue weighted by molar-refractivity contribution is -0.155. The second-order valence-electron chi connectivity index (χ2n) is 5.33. The fraction of sp³-hybridized carbons (Fsp3) is 0.375. The average molecular weight is 338 g/mol. The highest BCUT2D eigenvalue weighted by molar-refractivity contribution is 6.01. The van der Waals surface area contributed by atoms with Crippen LogP contribution in [0, 0.1) is 11.8 Å². The van der Waals surface area contributed by atoms with E-state index >= 15 is 0 Å². The van der Waals surface area contributed by atoms with Crippen LogP contribution in [0.5, 0.6) is 0 Å². The Morgan fingerprint density at radius 2 is 1.04 bits per heavy atom. The van der Waals surface area contributed by atoms with Gasteiger partial charge >= 0.3 is 23.9 Å². The zero-order valence-electron chi connectivity index (χ0n) is 12.7. The Balaban J connectivity index is 0.000000240. The van der Waals surface area contributed by atoms with Crippen LogP contribution in [0.2, 0.25) is 0 Å². The number of aromatic carboxylic acids is 2. The average Bonchev–Trinajstić information content (AvgIpc) is 2.55. The molecule has 24 heavy (non-hydrogen) atoms. The molecule has 0 heterocycles. The van der Waals surface area contributed by atoms with E-state index in [4.69, 9.17) is 20.4 Å². The second-order valence-corrected chi connectivity index (χ2v) is 5.33. The zero-order valence-corrected chi connectivity index (χ0v) is 12.7. The van der Waals surface area contributed by atoms with Gasteiger partial charge in [0.1, 0.15) is 0 Å². The van der Waals surface area contributed by atoms with E-state index in [1.54, 1.807) is 0 Å². The van der Waals surface area contributed by atoms with Crippen LogP contribution in [0.1, 0.15) is 46.4 Å². The van der Waals surface area contributed by atoms with Gasteiger partial charge < -0.3 is 20.4 Å². The minimum absolute atomic E-state index is 0.190. The van der Waals surface area contributed by atoms with Crippen LogP contribution in [-0.2, 0) is 9.59 Å². The Labute approximate surface area is 137 Å². The van der Waals surface area contributed by atoms with Gasteiger partial charge in [-0.25, -0.2) is 9.59 Å². The molecule has 2 atom stereocenters. The molecule has 0 radical (unpaired) electrons. The minimum Gasteiger partial charge on any atom is -0.481 e. The fourth-order valence-electron chi connectivity index (χ4n) is 2.58. The summed E-state index contributed by atoms with van der Waals surface area (Å²) in [4.78, 5) is 42.1. The van der Waals surface area contributed by atoms with Crippen LogP contribution < -0.4 is 0 Å². The van der Waals surface area contributed by atoms with E-state index in [9.17, 15) is 19.2 Å². The van der Waals surface area contributed by atoms with Crippen molar-refractivity contribution < 1.29 is 39.6 Å². The largest absolute Gasteiger partial charge is 0.481 e. The van der Waals surface area contributed by atoms with E-state index < -0.39 is 35.7 Å². The van der Waals surface area contributed by atoms with Gasteiger partial charge in [-0.2, -0.15) is 0 Å². The highest BCUT2D eigenvalue weighted by atomic mass is 16.4. The Hall–Kier alpha value is -2.90. The molecular weight excluding hydrogens is 320 g/mol. The van der Waals surface area contributed by atoms with Gasteiger partial charge in [-0.1, -0.05) is 25.0 Å². The molecule has 2 rings (SSSR count). The predicted octanol–water partition coefficient (Wildman–Crippen LogP) is 2.05. The summed E-state index contributed by atoms with van der Waals surface area (Å²) in [6.07, 6.45) is 2.68. The molecule has 0 aromatic heterocycles. The Bertz CT molecular complexity index is 582. The summed E-state index contributed by atoms with van der Waals surface area (Å²) in [7, 11) is 0. The maximum atomic E-state index is 10.6. The second kappa shape index (κ2) is 8.66. The first-order valence-corrected chi connectivity index (χ1v) is 7.27. The Morgan fingerprint density at radius 3 is 1.29 bits per heavy atom. The first-order valence-electron chi connectivity index (χ1n) is 7.27. The smallest absolute Gasteiger partial charge is 0.336 e. The van der Waals surface area contributed by atoms with E-state index in [-0.39, 0.29) is 11.1 Å². The van der Waals surface area contributed by atoms with Crippen LogP contribution in [0.25, 0.3) is 0 Å². The lowest BCUT2D eigenvalue weighted by Gasteiger charge is -2.24. The quantitative estimate of drug-likeness (QED) is 0.651. The van der Waals surface area contributed by atoms with Crippen molar-refractivity contribution in [1.29, 1.82) is 0 Å². The SMILES string of the molecule is O=C(O)C1CCCCC1C(=O)O.O=C(O)c1ccccc1C(=O)O. The number of carboxylic acid groups (broad SMARTS) is 4. The highest BCUT2D eigenvalue weighted by Gasteiger charge is 2.35. The first-order chi connectivity index (χ1) is 11.3. The third-order valence-electron chi connectivity index (χ3n) is 3.79. The van der Waals surface area contributed by atoms with Gasteiger partial charge in [0.25, 0.3) is 0 Å². The molecule has 1 aliphatic carbocycles. The number of rotatable bonds is 4. The molecule has 0 bridgehead atoms. The number of hydrogen-bond donors (Lipinski definition) is 4. The van der Waals surface area contributed by atoms with Crippen molar-refractivity contribution in [3.05, 3.63) is 35.4 Å². The summed E-state index contributed by atoms with van der Waals surface area (Å²) in [6, 6.07) is 5.48. The van der Waals surface area contributed by atoms with Crippen molar-refractivity contribution >= 4 is 23.9 Å². The highest BCUT2D eigenvalue weighted by Crippen LogP contribution is 2.30. The molecule has 4 N–H and O–H groups in total. The summed E-state index contributed by atoms with van der Waals surface area (Å²) >= 11 is 0. The molecule has 1 aromatic rings. The monoisotopic (exact) mass is 338 g/mol. The predicted molar refractivity (Wildman–Crippen MR) is 81.1 cm³/mol. The molecule has 1 fully saturated rings. The van der Waals surface area contributed by atoms with Crippen molar-refractivity contribution in [1.82, 2.24) is 0 Å². The van der Waals surface area contributed by atoms with E-state index in [1.165, 1.54) is 24.3 Å². The maximum absolute atomic E-state index is 10.6. The number of carboxylic acids is 4. The lowest BCUT2D eigenvalue weighted by Crippen LogP contribution is -2.32. The minimum atomic E-state index is -1.23. The van der Waals surface area contributed by atoms with Crippen molar-refractivity contribution in [3.63, 3.8) is 0 Å². The summed E-state index contributed by atoms with van der Waals surface area (Å²) < 4.78 is 0. The lowest BCUT2D eigenvalue weighted by atomic mass is 9.79. The Kier molecular flexibility index (Phi) is 6.91. The number of benzene rings is 1. The van der Waals surface area contributed by atoms with E-state index in [1.807, 2.05) is 0 Å². The van der Waals surface area contributed by atoms with Gasteiger partial charge in [-0.15, -0.1) is 0 Å². The molecular formula is C16H18O8. The molecule has 130 valence electrons. The number of carbonyl (C=O) groups is 4. The third-order valence-corrected chi connectivity index (χ3v) is 3.79. The van der Waals surface area contributed by atoms with E-state index in [2.05, 4.69) is 0 Å². The standard InChI is InChI=1S/C8H12O4.C8H6O4/c2*9-7(10)5-3-1-2-4-6(5)8(11)12/h5-6H,1-4H2,(H,9,10)(H,11,12);1-4H,(H,9,10)(H,11,12). The molecule has 8 nitrogen and oxygen atoms in total. The molecule has 1 aliphatic rings. The van der Waals surface area contributed by atoms with E-state index in [0.717, 1.165) is 12.8 Å². The van der Waals surface area contributed by atoms with Gasteiger partial charge in [0.2, 0.25) is 0 Å². The zero-order chi connectivity index (χ0) is 18.3. The van der Waals surface area contributed by atoms with E-state index in [0.29, 0.717) is 12.8 Å². The van der Waals surface area contributed by atoms with Crippen LogP contribution in [-0.4, -0.2) is 44.3 Å². The number of aliphatic carboxylic acids is 2. The van der Waals surface area contributed by atoms with Gasteiger partial charge in [-0.05, 0) is 25.0 Å². The van der Waals surface area contributed by atoms with Crippen molar-refractivity contribution in [2.75, 3.05) is 0 Å². The van der Waals surface area contributed by atoms with Crippen LogP contribution in [0.4, 0.5) is 0 Å². The topological polar surface area (TPSA) is 149 Å². The summed E-state index contributed by atoms with van der Waals surface area (Å²) in [5.41, 5.74) is -0.380. The van der Waals surface area contributed by atoms with Gasteiger partial charge in [0.05, 0.1) is 23.0 Å². The molecule has 0 saturated heterocycles. The first kappa shape index (κ1) is 19.1. The molecule has 0 spiro atoms. The van der Waals surface area contributed by atoms with Gasteiger partial charge in [-0.3, -0.25) is 9.59 Å². The molecule has 1 aromatic carbocycles.